The van der Waals surface area contributed by atoms with Crippen LogP contribution in [-0.2, 0) is 15.9 Å². The van der Waals surface area contributed by atoms with E-state index < -0.39 is 21.8 Å². The lowest BCUT2D eigenvalue weighted by Gasteiger charge is -2.28. The van der Waals surface area contributed by atoms with E-state index in [1.54, 1.807) is 13.0 Å². The molecule has 0 radical (unpaired) electrons. The quantitative estimate of drug-likeness (QED) is 0.689. The molecule has 3 rings (SSSR count). The normalized spacial score (nSPS) is 20.8. The van der Waals surface area contributed by atoms with Crippen molar-refractivity contribution in [2.45, 2.75) is 44.6 Å². The van der Waals surface area contributed by atoms with Gasteiger partial charge in [-0.15, -0.1) is 0 Å². The Morgan fingerprint density at radius 2 is 1.86 bits per heavy atom. The summed E-state index contributed by atoms with van der Waals surface area (Å²) in [5.41, 5.74) is -0.197. The smallest absolute Gasteiger partial charge is 0.335 e. The van der Waals surface area contributed by atoms with Gasteiger partial charge in [-0.2, -0.15) is 13.8 Å². The van der Waals surface area contributed by atoms with Crippen LogP contribution in [0.4, 0.5) is 14.8 Å². The lowest BCUT2D eigenvalue weighted by Crippen LogP contribution is -2.34. The standard InChI is InChI=1S/C18H24F2N4O3S/c1-2-28(25,26)21-12-13-8-10-15(11-9-13)22-17-23-16(24-27-17)18(19,20)14-6-4-3-5-7-14/h3-7,13,15,21H,2,8-12H2,1H3,(H,22,23,24). The molecule has 1 aromatic carbocycles. The van der Waals surface area contributed by atoms with Crippen LogP contribution in [0.2, 0.25) is 0 Å². The second-order valence-electron chi connectivity index (χ2n) is 6.98. The van der Waals surface area contributed by atoms with Gasteiger partial charge >= 0.3 is 11.9 Å². The van der Waals surface area contributed by atoms with Gasteiger partial charge in [-0.05, 0) is 38.5 Å². The van der Waals surface area contributed by atoms with Gasteiger partial charge in [0.05, 0.1) is 5.75 Å². The van der Waals surface area contributed by atoms with Crippen molar-refractivity contribution in [1.29, 1.82) is 0 Å². The molecule has 28 heavy (non-hydrogen) atoms. The molecular weight excluding hydrogens is 390 g/mol. The average Bonchev–Trinajstić information content (AvgIpc) is 3.17. The molecule has 0 amide bonds. The summed E-state index contributed by atoms with van der Waals surface area (Å²) in [7, 11) is -3.19. The number of sulfonamides is 1. The highest BCUT2D eigenvalue weighted by Gasteiger charge is 2.39. The zero-order chi connectivity index (χ0) is 20.2. The van der Waals surface area contributed by atoms with Gasteiger partial charge in [0.1, 0.15) is 0 Å². The van der Waals surface area contributed by atoms with Gasteiger partial charge in [-0.1, -0.05) is 35.5 Å². The summed E-state index contributed by atoms with van der Waals surface area (Å²) < 4.78 is 59.6. The van der Waals surface area contributed by atoms with E-state index >= 15 is 0 Å². The Morgan fingerprint density at radius 1 is 1.18 bits per heavy atom. The Balaban J connectivity index is 1.53. The number of nitrogens with zero attached hydrogens (tertiary/aromatic N) is 2. The minimum atomic E-state index is -3.33. The third kappa shape index (κ3) is 5.05. The number of alkyl halides is 2. The minimum absolute atomic E-state index is 0.0256. The predicted molar refractivity (Wildman–Crippen MR) is 101 cm³/mol. The summed E-state index contributed by atoms with van der Waals surface area (Å²) in [6.07, 6.45) is 3.19. The fourth-order valence-electron chi connectivity index (χ4n) is 3.22. The van der Waals surface area contributed by atoms with Crippen LogP contribution in [0.25, 0.3) is 0 Å². The fourth-order valence-corrected chi connectivity index (χ4v) is 3.91. The van der Waals surface area contributed by atoms with Gasteiger partial charge < -0.3 is 9.84 Å². The first-order valence-corrected chi connectivity index (χ1v) is 11.0. The lowest BCUT2D eigenvalue weighted by molar-refractivity contribution is 0.0304. The summed E-state index contributed by atoms with van der Waals surface area (Å²) in [4.78, 5) is 3.82. The molecule has 2 aromatic rings. The van der Waals surface area contributed by atoms with Crippen molar-refractivity contribution in [1.82, 2.24) is 14.9 Å². The molecule has 0 unspecified atom stereocenters. The van der Waals surface area contributed by atoms with Crippen LogP contribution in [0.15, 0.2) is 34.9 Å². The number of nitrogens with one attached hydrogen (secondary N) is 2. The van der Waals surface area contributed by atoms with E-state index in [1.165, 1.54) is 24.3 Å². The van der Waals surface area contributed by atoms with Gasteiger partial charge in [0.2, 0.25) is 15.8 Å². The minimum Gasteiger partial charge on any atom is -0.335 e. The molecule has 1 aromatic heterocycles. The molecule has 2 N–H and O–H groups in total. The van der Waals surface area contributed by atoms with Crippen molar-refractivity contribution in [2.75, 3.05) is 17.6 Å². The molecule has 1 heterocycles. The zero-order valence-corrected chi connectivity index (χ0v) is 16.4. The summed E-state index contributed by atoms with van der Waals surface area (Å²) in [5.74, 6) is -3.68. The maximum atomic E-state index is 14.5. The summed E-state index contributed by atoms with van der Waals surface area (Å²) >= 11 is 0. The van der Waals surface area contributed by atoms with Crippen LogP contribution in [0.1, 0.15) is 44.0 Å². The second-order valence-corrected chi connectivity index (χ2v) is 9.07. The van der Waals surface area contributed by atoms with E-state index in [4.69, 9.17) is 4.52 Å². The highest BCUT2D eigenvalue weighted by Crippen LogP contribution is 2.34. The average molecular weight is 414 g/mol. The topological polar surface area (TPSA) is 97.1 Å². The molecule has 0 atom stereocenters. The van der Waals surface area contributed by atoms with E-state index in [0.717, 1.165) is 25.7 Å². The number of aromatic nitrogens is 2. The van der Waals surface area contributed by atoms with Gasteiger partial charge in [0, 0.05) is 18.2 Å². The van der Waals surface area contributed by atoms with Crippen LogP contribution in [-0.4, -0.2) is 36.9 Å². The summed E-state index contributed by atoms with van der Waals surface area (Å²) in [6.45, 7) is 2.03. The molecule has 7 nitrogen and oxygen atoms in total. The van der Waals surface area contributed by atoms with Crippen LogP contribution < -0.4 is 10.0 Å². The molecule has 1 saturated carbocycles. The van der Waals surface area contributed by atoms with E-state index in [0.29, 0.717) is 6.54 Å². The first-order valence-electron chi connectivity index (χ1n) is 9.31. The number of benzene rings is 1. The van der Waals surface area contributed by atoms with Gasteiger partial charge in [0.15, 0.2) is 0 Å². The molecule has 1 fully saturated rings. The van der Waals surface area contributed by atoms with Crippen molar-refractivity contribution >= 4 is 16.0 Å². The number of halogens is 2. The van der Waals surface area contributed by atoms with Crippen LogP contribution in [0, 0.1) is 5.92 Å². The van der Waals surface area contributed by atoms with Crippen molar-refractivity contribution in [2.24, 2.45) is 5.92 Å². The monoisotopic (exact) mass is 414 g/mol. The molecule has 154 valence electrons. The maximum absolute atomic E-state index is 14.5. The highest BCUT2D eigenvalue weighted by molar-refractivity contribution is 7.89. The van der Waals surface area contributed by atoms with Gasteiger partial charge in [0.25, 0.3) is 0 Å². The Morgan fingerprint density at radius 3 is 2.50 bits per heavy atom. The summed E-state index contributed by atoms with van der Waals surface area (Å²) in [6, 6.07) is 7.35. The SMILES string of the molecule is CCS(=O)(=O)NCC1CCC(Nc2nc(C(F)(F)c3ccccc3)no2)CC1. The van der Waals surface area contributed by atoms with Crippen molar-refractivity contribution in [3.05, 3.63) is 41.7 Å². The van der Waals surface area contributed by atoms with E-state index in [1.807, 2.05) is 0 Å². The highest BCUT2D eigenvalue weighted by atomic mass is 32.2. The largest absolute Gasteiger partial charge is 0.335 e. The maximum Gasteiger partial charge on any atom is 0.335 e. The molecule has 0 bridgehead atoms. The number of hydrogen-bond acceptors (Lipinski definition) is 6. The molecule has 1 aliphatic rings. The van der Waals surface area contributed by atoms with Crippen molar-refractivity contribution in [3.8, 4) is 0 Å². The fraction of sp³-hybridized carbons (Fsp3) is 0.556. The van der Waals surface area contributed by atoms with Crippen LogP contribution >= 0.6 is 0 Å². The Kier molecular flexibility index (Phi) is 6.29. The Bertz CT molecular complexity index is 866. The number of rotatable bonds is 8. The zero-order valence-electron chi connectivity index (χ0n) is 15.6. The first kappa shape index (κ1) is 20.7. The third-order valence-electron chi connectivity index (χ3n) is 4.99. The van der Waals surface area contributed by atoms with E-state index in [-0.39, 0.29) is 29.3 Å². The second kappa shape index (κ2) is 8.52. The van der Waals surface area contributed by atoms with Crippen LogP contribution in [0.3, 0.4) is 0 Å². The molecule has 1 aliphatic carbocycles. The van der Waals surface area contributed by atoms with Gasteiger partial charge in [-0.25, -0.2) is 13.1 Å². The summed E-state index contributed by atoms with van der Waals surface area (Å²) in [5, 5.41) is 6.45. The molecule has 0 saturated heterocycles. The van der Waals surface area contributed by atoms with Crippen molar-refractivity contribution in [3.63, 3.8) is 0 Å². The Labute approximate surface area is 163 Å². The van der Waals surface area contributed by atoms with Crippen molar-refractivity contribution < 1.29 is 21.7 Å². The predicted octanol–water partition coefficient (Wildman–Crippen LogP) is 3.12. The molecule has 10 heteroatoms. The number of anilines is 1. The third-order valence-corrected chi connectivity index (χ3v) is 6.36. The first-order chi connectivity index (χ1) is 13.3. The lowest BCUT2D eigenvalue weighted by atomic mass is 9.86. The number of hydrogen-bond donors (Lipinski definition) is 2. The van der Waals surface area contributed by atoms with E-state index in [2.05, 4.69) is 20.2 Å². The van der Waals surface area contributed by atoms with Gasteiger partial charge in [-0.3, -0.25) is 0 Å². The molecule has 0 aliphatic heterocycles. The Hall–Kier alpha value is -2.07. The molecule has 0 spiro atoms. The van der Waals surface area contributed by atoms with E-state index in [9.17, 15) is 17.2 Å². The van der Waals surface area contributed by atoms with Crippen LogP contribution in [0.5, 0.6) is 0 Å². The molecular formula is C18H24F2N4O3S.